The van der Waals surface area contributed by atoms with E-state index < -0.39 is 5.82 Å². The molecule has 0 radical (unpaired) electrons. The molecular weight excluding hydrogens is 340 g/mol. The van der Waals surface area contributed by atoms with Gasteiger partial charge >= 0.3 is 0 Å². The fourth-order valence-electron chi connectivity index (χ4n) is 2.47. The SMILES string of the molecule is CC(c1ccccc1F)n1c(N)nc2cc(F)c(Br)cc21. The Bertz CT molecular complexity index is 829. The summed E-state index contributed by atoms with van der Waals surface area (Å²) in [5.41, 5.74) is 7.53. The van der Waals surface area contributed by atoms with Crippen molar-refractivity contribution in [2.24, 2.45) is 0 Å². The van der Waals surface area contributed by atoms with Crippen molar-refractivity contribution < 1.29 is 8.78 Å². The van der Waals surface area contributed by atoms with E-state index >= 15 is 0 Å². The molecule has 0 amide bonds. The van der Waals surface area contributed by atoms with Gasteiger partial charge < -0.3 is 10.3 Å². The second-order valence-electron chi connectivity index (χ2n) is 4.79. The lowest BCUT2D eigenvalue weighted by Crippen LogP contribution is -2.11. The van der Waals surface area contributed by atoms with E-state index in [-0.39, 0.29) is 17.8 Å². The second kappa shape index (κ2) is 5.11. The van der Waals surface area contributed by atoms with E-state index in [1.807, 2.05) is 6.92 Å². The number of benzene rings is 2. The van der Waals surface area contributed by atoms with Gasteiger partial charge in [0.15, 0.2) is 0 Å². The molecule has 0 aliphatic heterocycles. The fraction of sp³-hybridized carbons (Fsp3) is 0.133. The van der Waals surface area contributed by atoms with Gasteiger partial charge in [0.05, 0.1) is 21.5 Å². The number of hydrogen-bond donors (Lipinski definition) is 1. The van der Waals surface area contributed by atoms with Gasteiger partial charge in [-0.25, -0.2) is 13.8 Å². The molecule has 0 bridgehead atoms. The summed E-state index contributed by atoms with van der Waals surface area (Å²) in [6.07, 6.45) is 0. The maximum Gasteiger partial charge on any atom is 0.201 e. The third-order valence-corrected chi connectivity index (χ3v) is 4.11. The highest BCUT2D eigenvalue weighted by Gasteiger charge is 2.19. The van der Waals surface area contributed by atoms with Gasteiger partial charge in [-0.15, -0.1) is 0 Å². The molecule has 2 aromatic carbocycles. The zero-order chi connectivity index (χ0) is 15.1. The van der Waals surface area contributed by atoms with E-state index in [2.05, 4.69) is 20.9 Å². The van der Waals surface area contributed by atoms with E-state index in [1.54, 1.807) is 28.8 Å². The largest absolute Gasteiger partial charge is 0.369 e. The van der Waals surface area contributed by atoms with E-state index in [1.165, 1.54) is 12.1 Å². The number of halogens is 3. The molecule has 0 saturated heterocycles. The van der Waals surface area contributed by atoms with E-state index in [9.17, 15) is 8.78 Å². The summed E-state index contributed by atoms with van der Waals surface area (Å²) in [4.78, 5) is 4.15. The Morgan fingerprint density at radius 3 is 2.62 bits per heavy atom. The van der Waals surface area contributed by atoms with Crippen LogP contribution >= 0.6 is 15.9 Å². The predicted molar refractivity (Wildman–Crippen MR) is 82.0 cm³/mol. The lowest BCUT2D eigenvalue weighted by atomic mass is 10.1. The van der Waals surface area contributed by atoms with Crippen molar-refractivity contribution in [3.63, 3.8) is 0 Å². The van der Waals surface area contributed by atoms with E-state index in [4.69, 9.17) is 5.73 Å². The average molecular weight is 352 g/mol. The van der Waals surface area contributed by atoms with Crippen molar-refractivity contribution in [3.05, 3.63) is 58.1 Å². The Balaban J connectivity index is 2.22. The van der Waals surface area contributed by atoms with Crippen LogP contribution in [0.2, 0.25) is 0 Å². The van der Waals surface area contributed by atoms with Gasteiger partial charge in [0.25, 0.3) is 0 Å². The number of nitrogens with two attached hydrogens (primary N) is 1. The van der Waals surface area contributed by atoms with E-state index in [0.29, 0.717) is 21.1 Å². The van der Waals surface area contributed by atoms with Crippen molar-refractivity contribution in [3.8, 4) is 0 Å². The minimum absolute atomic E-state index is 0.221. The van der Waals surface area contributed by atoms with Crippen LogP contribution < -0.4 is 5.73 Å². The minimum Gasteiger partial charge on any atom is -0.369 e. The van der Waals surface area contributed by atoms with Crippen LogP contribution in [-0.4, -0.2) is 9.55 Å². The van der Waals surface area contributed by atoms with Crippen LogP contribution in [0, 0.1) is 11.6 Å². The smallest absolute Gasteiger partial charge is 0.201 e. The Morgan fingerprint density at radius 1 is 1.19 bits per heavy atom. The molecule has 2 N–H and O–H groups in total. The number of fused-ring (bicyclic) bond motifs is 1. The van der Waals surface area contributed by atoms with Crippen LogP contribution in [0.1, 0.15) is 18.5 Å². The van der Waals surface area contributed by atoms with Crippen molar-refractivity contribution in [1.82, 2.24) is 9.55 Å². The molecule has 0 aliphatic carbocycles. The highest BCUT2D eigenvalue weighted by molar-refractivity contribution is 9.10. The topological polar surface area (TPSA) is 43.8 Å². The first-order chi connectivity index (χ1) is 9.99. The number of imidazole rings is 1. The normalized spacial score (nSPS) is 12.8. The number of nitrogens with zero attached hydrogens (tertiary/aromatic N) is 2. The van der Waals surface area contributed by atoms with E-state index in [0.717, 1.165) is 0 Å². The summed E-state index contributed by atoms with van der Waals surface area (Å²) in [6.45, 7) is 1.83. The number of hydrogen-bond acceptors (Lipinski definition) is 2. The Labute approximate surface area is 128 Å². The van der Waals surface area contributed by atoms with Crippen LogP contribution in [0.5, 0.6) is 0 Å². The molecule has 3 aromatic rings. The monoisotopic (exact) mass is 351 g/mol. The van der Waals surface area contributed by atoms with Crippen LogP contribution in [0.4, 0.5) is 14.7 Å². The zero-order valence-electron chi connectivity index (χ0n) is 11.1. The number of rotatable bonds is 2. The average Bonchev–Trinajstić information content (AvgIpc) is 2.74. The van der Waals surface area contributed by atoms with Gasteiger partial charge in [0.2, 0.25) is 5.95 Å². The molecule has 1 unspecified atom stereocenters. The molecule has 0 spiro atoms. The van der Waals surface area contributed by atoms with Crippen LogP contribution in [-0.2, 0) is 0 Å². The quantitative estimate of drug-likeness (QED) is 0.749. The first kappa shape index (κ1) is 14.0. The number of aromatic nitrogens is 2. The van der Waals surface area contributed by atoms with Crippen molar-refractivity contribution in [2.75, 3.05) is 5.73 Å². The standard InChI is InChI=1S/C15H12BrF2N3/c1-8(9-4-2-3-5-11(9)17)21-14-6-10(16)12(18)7-13(14)20-15(21)19/h2-8H,1H3,(H2,19,20). The van der Waals surface area contributed by atoms with Gasteiger partial charge in [0.1, 0.15) is 11.6 Å². The minimum atomic E-state index is -0.411. The summed E-state index contributed by atoms with van der Waals surface area (Å²) in [6, 6.07) is 9.05. The Hall–Kier alpha value is -1.95. The van der Waals surface area contributed by atoms with Gasteiger partial charge in [-0.3, -0.25) is 0 Å². The molecule has 0 fully saturated rings. The predicted octanol–water partition coefficient (Wildman–Crippen LogP) is 4.27. The molecule has 1 aromatic heterocycles. The number of nitrogen functional groups attached to an aromatic ring is 1. The lowest BCUT2D eigenvalue weighted by molar-refractivity contribution is 0.567. The van der Waals surface area contributed by atoms with Crippen molar-refractivity contribution in [2.45, 2.75) is 13.0 Å². The summed E-state index contributed by atoms with van der Waals surface area (Å²) < 4.78 is 29.6. The lowest BCUT2D eigenvalue weighted by Gasteiger charge is -2.17. The summed E-state index contributed by atoms with van der Waals surface area (Å²) in [5.74, 6) is -0.503. The Morgan fingerprint density at radius 2 is 1.90 bits per heavy atom. The first-order valence-corrected chi connectivity index (χ1v) is 7.15. The molecular formula is C15H12BrF2N3. The summed E-state index contributed by atoms with van der Waals surface area (Å²) in [7, 11) is 0. The van der Waals surface area contributed by atoms with Crippen molar-refractivity contribution in [1.29, 1.82) is 0 Å². The van der Waals surface area contributed by atoms with Crippen molar-refractivity contribution >= 4 is 32.9 Å². The number of anilines is 1. The zero-order valence-corrected chi connectivity index (χ0v) is 12.7. The third kappa shape index (κ3) is 2.29. The molecule has 3 rings (SSSR count). The molecule has 0 aliphatic rings. The third-order valence-electron chi connectivity index (χ3n) is 3.50. The highest BCUT2D eigenvalue weighted by Crippen LogP contribution is 2.31. The Kier molecular flexibility index (Phi) is 3.41. The molecule has 6 heteroatoms. The molecule has 1 atom stereocenters. The maximum absolute atomic E-state index is 14.0. The summed E-state index contributed by atoms with van der Waals surface area (Å²) >= 11 is 3.15. The van der Waals surface area contributed by atoms with Gasteiger partial charge in [-0.1, -0.05) is 18.2 Å². The van der Waals surface area contributed by atoms with Gasteiger partial charge in [-0.05, 0) is 35.0 Å². The van der Waals surface area contributed by atoms with Gasteiger partial charge in [0, 0.05) is 11.6 Å². The second-order valence-corrected chi connectivity index (χ2v) is 5.65. The van der Waals surface area contributed by atoms with Crippen LogP contribution in [0.15, 0.2) is 40.9 Å². The maximum atomic E-state index is 14.0. The molecule has 21 heavy (non-hydrogen) atoms. The first-order valence-electron chi connectivity index (χ1n) is 6.36. The molecule has 3 nitrogen and oxygen atoms in total. The molecule has 108 valence electrons. The molecule has 1 heterocycles. The van der Waals surface area contributed by atoms with Gasteiger partial charge in [-0.2, -0.15) is 0 Å². The summed E-state index contributed by atoms with van der Waals surface area (Å²) in [5, 5.41) is 0. The van der Waals surface area contributed by atoms with Crippen LogP contribution in [0.3, 0.4) is 0 Å². The van der Waals surface area contributed by atoms with Crippen LogP contribution in [0.25, 0.3) is 11.0 Å². The fourth-order valence-corrected chi connectivity index (χ4v) is 2.80. The molecule has 0 saturated carbocycles. The highest BCUT2D eigenvalue weighted by atomic mass is 79.9.